The molecule has 1 N–H and O–H groups in total. The smallest absolute Gasteiger partial charge is 0.288 e. The number of carbonyl (C=O) groups excluding carboxylic acids is 1. The number of aromatic nitrogens is 6. The lowest BCUT2D eigenvalue weighted by Gasteiger charge is -2.08. The summed E-state index contributed by atoms with van der Waals surface area (Å²) in [6.45, 7) is 1.36. The molecule has 3 aromatic heterocycles. The van der Waals surface area contributed by atoms with E-state index >= 15 is 0 Å². The van der Waals surface area contributed by atoms with Crippen molar-refractivity contribution in [3.63, 3.8) is 0 Å². The molecular weight excluding hydrogens is 442 g/mol. The molecule has 0 saturated carbocycles. The average Bonchev–Trinajstić information content (AvgIpc) is 3.30. The van der Waals surface area contributed by atoms with E-state index in [2.05, 4.69) is 25.5 Å². The van der Waals surface area contributed by atoms with E-state index in [1.54, 1.807) is 0 Å². The number of hydrogen-bond acceptors (Lipinski definition) is 5. The van der Waals surface area contributed by atoms with Crippen LogP contribution >= 0.6 is 11.6 Å². The number of rotatable bonds is 4. The standard InChI is InChI=1S/C18H12ClF4N7O/c1-9-5-14(18(21,22)23)30-15(25-9)6-13(27-30)16(31)26-17-24-8-29(28-17)7-10-11(19)3-2-4-12(10)20/h2-6,8H,7H2,1H3,(H,26,28,31). The van der Waals surface area contributed by atoms with Crippen LogP contribution in [0.15, 0.2) is 36.7 Å². The first-order chi connectivity index (χ1) is 14.6. The molecule has 31 heavy (non-hydrogen) atoms. The highest BCUT2D eigenvalue weighted by atomic mass is 35.5. The van der Waals surface area contributed by atoms with Gasteiger partial charge < -0.3 is 0 Å². The molecule has 0 spiro atoms. The molecule has 0 unspecified atom stereocenters. The van der Waals surface area contributed by atoms with Gasteiger partial charge in [-0.25, -0.2) is 23.6 Å². The summed E-state index contributed by atoms with van der Waals surface area (Å²) in [5, 5.41) is 10.2. The molecule has 160 valence electrons. The summed E-state index contributed by atoms with van der Waals surface area (Å²) in [7, 11) is 0. The van der Waals surface area contributed by atoms with Crippen molar-refractivity contribution in [1.82, 2.24) is 29.4 Å². The maximum atomic E-state index is 13.9. The van der Waals surface area contributed by atoms with Crippen LogP contribution in [-0.4, -0.2) is 35.3 Å². The minimum absolute atomic E-state index is 0.0408. The number of carbonyl (C=O) groups is 1. The first kappa shape index (κ1) is 20.7. The number of nitrogens with zero attached hydrogens (tertiary/aromatic N) is 6. The summed E-state index contributed by atoms with van der Waals surface area (Å²) in [6.07, 6.45) is -3.44. The summed E-state index contributed by atoms with van der Waals surface area (Å²) in [5.41, 5.74) is -1.19. The third-order valence-electron chi connectivity index (χ3n) is 4.22. The van der Waals surface area contributed by atoms with Gasteiger partial charge in [-0.05, 0) is 25.1 Å². The number of halogens is 5. The number of anilines is 1. The molecular formula is C18H12ClF4N7O. The van der Waals surface area contributed by atoms with Crippen LogP contribution < -0.4 is 5.32 Å². The Kier molecular flexibility index (Phi) is 5.09. The molecule has 0 aliphatic carbocycles. The van der Waals surface area contributed by atoms with E-state index < -0.39 is 23.6 Å². The lowest BCUT2D eigenvalue weighted by atomic mass is 10.2. The minimum Gasteiger partial charge on any atom is -0.288 e. The van der Waals surface area contributed by atoms with E-state index in [9.17, 15) is 22.4 Å². The van der Waals surface area contributed by atoms with Gasteiger partial charge >= 0.3 is 6.18 Å². The Morgan fingerprint density at radius 3 is 2.71 bits per heavy atom. The Morgan fingerprint density at radius 2 is 2.00 bits per heavy atom. The zero-order valence-corrected chi connectivity index (χ0v) is 16.4. The number of benzene rings is 1. The third-order valence-corrected chi connectivity index (χ3v) is 4.58. The molecule has 0 aliphatic heterocycles. The Labute approximate surface area is 176 Å². The lowest BCUT2D eigenvalue weighted by Crippen LogP contribution is -2.16. The molecule has 0 fully saturated rings. The van der Waals surface area contributed by atoms with Crippen molar-refractivity contribution < 1.29 is 22.4 Å². The predicted octanol–water partition coefficient (Wildman–Crippen LogP) is 3.74. The number of aryl methyl sites for hydroxylation is 1. The van der Waals surface area contributed by atoms with Gasteiger partial charge in [0, 0.05) is 22.3 Å². The van der Waals surface area contributed by atoms with Crippen molar-refractivity contribution in [1.29, 1.82) is 0 Å². The van der Waals surface area contributed by atoms with Gasteiger partial charge in [0.25, 0.3) is 5.91 Å². The zero-order chi connectivity index (χ0) is 22.3. The van der Waals surface area contributed by atoms with Crippen molar-refractivity contribution in [3.05, 3.63) is 70.1 Å². The third kappa shape index (κ3) is 4.19. The highest BCUT2D eigenvalue weighted by Crippen LogP contribution is 2.30. The van der Waals surface area contributed by atoms with E-state index in [1.807, 2.05) is 0 Å². The quantitative estimate of drug-likeness (QED) is 0.475. The summed E-state index contributed by atoms with van der Waals surface area (Å²) < 4.78 is 55.4. The van der Waals surface area contributed by atoms with Gasteiger partial charge in [-0.3, -0.25) is 10.1 Å². The molecule has 13 heteroatoms. The Morgan fingerprint density at radius 1 is 1.23 bits per heavy atom. The fraction of sp³-hybridized carbons (Fsp3) is 0.167. The molecule has 4 aromatic rings. The minimum atomic E-state index is -4.68. The van der Waals surface area contributed by atoms with E-state index in [0.717, 1.165) is 12.1 Å². The number of hydrogen-bond donors (Lipinski definition) is 1. The van der Waals surface area contributed by atoms with Crippen LogP contribution in [0.4, 0.5) is 23.5 Å². The number of fused-ring (bicyclic) bond motifs is 1. The lowest BCUT2D eigenvalue weighted by molar-refractivity contribution is -0.142. The fourth-order valence-corrected chi connectivity index (χ4v) is 3.07. The first-order valence-electron chi connectivity index (χ1n) is 8.70. The van der Waals surface area contributed by atoms with Crippen molar-refractivity contribution in [2.45, 2.75) is 19.6 Å². The molecule has 4 rings (SSSR count). The highest BCUT2D eigenvalue weighted by Gasteiger charge is 2.35. The van der Waals surface area contributed by atoms with Gasteiger partial charge in [0.1, 0.15) is 17.8 Å². The molecule has 0 radical (unpaired) electrons. The van der Waals surface area contributed by atoms with Gasteiger partial charge in [0.2, 0.25) is 5.95 Å². The first-order valence-corrected chi connectivity index (χ1v) is 9.08. The number of amides is 1. The second-order valence-electron chi connectivity index (χ2n) is 6.50. The number of alkyl halides is 3. The second-order valence-corrected chi connectivity index (χ2v) is 6.91. The van der Waals surface area contributed by atoms with Crippen molar-refractivity contribution in [3.8, 4) is 0 Å². The molecule has 0 atom stereocenters. The Bertz CT molecular complexity index is 1280. The molecule has 0 bridgehead atoms. The summed E-state index contributed by atoms with van der Waals surface area (Å²) in [5.74, 6) is -1.51. The van der Waals surface area contributed by atoms with Crippen molar-refractivity contribution in [2.24, 2.45) is 0 Å². The van der Waals surface area contributed by atoms with E-state index in [4.69, 9.17) is 11.6 Å². The maximum Gasteiger partial charge on any atom is 0.433 e. The van der Waals surface area contributed by atoms with Crippen molar-refractivity contribution >= 4 is 29.1 Å². The maximum absolute atomic E-state index is 13.9. The van der Waals surface area contributed by atoms with Crippen LogP contribution in [0.2, 0.25) is 5.02 Å². The molecule has 0 saturated heterocycles. The van der Waals surface area contributed by atoms with Crippen molar-refractivity contribution in [2.75, 3.05) is 5.32 Å². The monoisotopic (exact) mass is 453 g/mol. The molecule has 1 amide bonds. The van der Waals surface area contributed by atoms with Crippen LogP contribution in [0, 0.1) is 12.7 Å². The van der Waals surface area contributed by atoms with Crippen LogP contribution in [0.3, 0.4) is 0 Å². The average molecular weight is 454 g/mol. The molecule has 0 aliphatic rings. The zero-order valence-electron chi connectivity index (χ0n) is 15.7. The van der Waals surface area contributed by atoms with E-state index in [0.29, 0.717) is 4.52 Å². The number of nitrogens with one attached hydrogen (secondary N) is 1. The van der Waals surface area contributed by atoms with Gasteiger partial charge in [-0.15, -0.1) is 5.10 Å². The van der Waals surface area contributed by atoms with Gasteiger partial charge in [-0.1, -0.05) is 17.7 Å². The largest absolute Gasteiger partial charge is 0.433 e. The summed E-state index contributed by atoms with van der Waals surface area (Å²) in [4.78, 5) is 20.3. The topological polar surface area (TPSA) is 90.0 Å². The summed E-state index contributed by atoms with van der Waals surface area (Å²) >= 11 is 5.98. The summed E-state index contributed by atoms with van der Waals surface area (Å²) in [6, 6.07) is 6.18. The molecule has 8 nitrogen and oxygen atoms in total. The van der Waals surface area contributed by atoms with Gasteiger partial charge in [0.05, 0.1) is 6.54 Å². The van der Waals surface area contributed by atoms with Crippen LogP contribution in [-0.2, 0) is 12.7 Å². The van der Waals surface area contributed by atoms with Crippen LogP contribution in [0.5, 0.6) is 0 Å². The second kappa shape index (κ2) is 7.61. The highest BCUT2D eigenvalue weighted by molar-refractivity contribution is 6.31. The predicted molar refractivity (Wildman–Crippen MR) is 101 cm³/mol. The SMILES string of the molecule is Cc1cc(C(F)(F)F)n2nc(C(=O)Nc3ncn(Cc4c(F)cccc4Cl)n3)cc2n1. The fourth-order valence-electron chi connectivity index (χ4n) is 2.85. The van der Waals surface area contributed by atoms with Gasteiger partial charge in [0.15, 0.2) is 11.3 Å². The molecule has 3 heterocycles. The Balaban J connectivity index is 1.56. The van der Waals surface area contributed by atoms with Gasteiger partial charge in [-0.2, -0.15) is 18.3 Å². The Hall–Kier alpha value is -3.54. The van der Waals surface area contributed by atoms with E-state index in [-0.39, 0.29) is 40.1 Å². The normalized spacial score (nSPS) is 11.8. The van der Waals surface area contributed by atoms with Crippen LogP contribution in [0.25, 0.3) is 5.65 Å². The molecule has 1 aromatic carbocycles. The van der Waals surface area contributed by atoms with Crippen LogP contribution in [0.1, 0.15) is 27.4 Å². The van der Waals surface area contributed by atoms with E-state index in [1.165, 1.54) is 36.1 Å².